The smallest absolute Gasteiger partial charge is 0.00490 e. The summed E-state index contributed by atoms with van der Waals surface area (Å²) in [6, 6.07) is 0. The average molecular weight is 166 g/mol. The van der Waals surface area contributed by atoms with Crippen LogP contribution in [0.1, 0.15) is 39.5 Å². The molecule has 0 radical (unpaired) electrons. The molecule has 0 aromatic heterocycles. The molecule has 64 valence electrons. The maximum absolute atomic E-state index is 3.31. The fraction of sp³-hybridized carbons (Fsp3) is 1.00. The van der Waals surface area contributed by atoms with Crippen molar-refractivity contribution in [3.05, 3.63) is 0 Å². The monoisotopic (exact) mass is 165 g/mol. The van der Waals surface area contributed by atoms with Gasteiger partial charge in [0.25, 0.3) is 0 Å². The molecule has 0 saturated heterocycles. The van der Waals surface area contributed by atoms with E-state index in [-0.39, 0.29) is 12.4 Å². The van der Waals surface area contributed by atoms with Crippen LogP contribution in [0, 0.1) is 0 Å². The first-order valence-electron chi connectivity index (χ1n) is 4.12. The Morgan fingerprint density at radius 3 is 2.20 bits per heavy atom. The van der Waals surface area contributed by atoms with Crippen LogP contribution in [0.5, 0.6) is 0 Å². The Hall–Kier alpha value is 0.250. The Kier molecular flexibility index (Phi) is 15.4. The molecule has 2 heteroatoms. The molecule has 0 saturated carbocycles. The van der Waals surface area contributed by atoms with Gasteiger partial charge in [-0.3, -0.25) is 0 Å². The van der Waals surface area contributed by atoms with Crippen LogP contribution in [-0.4, -0.2) is 13.1 Å². The van der Waals surface area contributed by atoms with Gasteiger partial charge in [-0.25, -0.2) is 0 Å². The van der Waals surface area contributed by atoms with E-state index >= 15 is 0 Å². The molecule has 10 heavy (non-hydrogen) atoms. The van der Waals surface area contributed by atoms with E-state index in [1.54, 1.807) is 0 Å². The van der Waals surface area contributed by atoms with Gasteiger partial charge in [0, 0.05) is 0 Å². The van der Waals surface area contributed by atoms with Crippen LogP contribution in [0.4, 0.5) is 0 Å². The molecule has 0 amide bonds. The van der Waals surface area contributed by atoms with Gasteiger partial charge in [-0.05, 0) is 19.5 Å². The molecule has 0 aromatic rings. The Bertz CT molecular complexity index is 42.5. The summed E-state index contributed by atoms with van der Waals surface area (Å²) in [5.41, 5.74) is 0. The van der Waals surface area contributed by atoms with E-state index in [1.807, 2.05) is 0 Å². The van der Waals surface area contributed by atoms with E-state index in [4.69, 9.17) is 0 Å². The van der Waals surface area contributed by atoms with Gasteiger partial charge in [0.15, 0.2) is 0 Å². The summed E-state index contributed by atoms with van der Waals surface area (Å²) < 4.78 is 0. The standard InChI is InChI=1S/C8H19N.ClH/c1-3-5-6-7-8-9-4-2;/h9H,3-8H2,1-2H3;1H. The van der Waals surface area contributed by atoms with E-state index in [0.29, 0.717) is 0 Å². The Morgan fingerprint density at radius 1 is 1.00 bits per heavy atom. The zero-order chi connectivity index (χ0) is 6.95. The summed E-state index contributed by atoms with van der Waals surface area (Å²) in [6.07, 6.45) is 5.47. The molecule has 0 rings (SSSR count). The summed E-state index contributed by atoms with van der Waals surface area (Å²) in [4.78, 5) is 0. The van der Waals surface area contributed by atoms with Gasteiger partial charge in [-0.15, -0.1) is 12.4 Å². The number of unbranched alkanes of at least 4 members (excludes halogenated alkanes) is 3. The second kappa shape index (κ2) is 12.0. The van der Waals surface area contributed by atoms with Crippen LogP contribution < -0.4 is 5.32 Å². The molecule has 0 bridgehead atoms. The first-order chi connectivity index (χ1) is 4.41. The van der Waals surface area contributed by atoms with Gasteiger partial charge in [-0.1, -0.05) is 33.1 Å². The van der Waals surface area contributed by atoms with Crippen LogP contribution >= 0.6 is 12.4 Å². The van der Waals surface area contributed by atoms with Crippen LogP contribution in [0.25, 0.3) is 0 Å². The largest absolute Gasteiger partial charge is 0.317 e. The van der Waals surface area contributed by atoms with E-state index in [9.17, 15) is 0 Å². The second-order valence-electron chi connectivity index (χ2n) is 2.41. The van der Waals surface area contributed by atoms with Crippen LogP contribution in [0.15, 0.2) is 0 Å². The normalized spacial score (nSPS) is 9.00. The molecule has 0 unspecified atom stereocenters. The molecule has 1 nitrogen and oxygen atoms in total. The van der Waals surface area contributed by atoms with Gasteiger partial charge in [0.2, 0.25) is 0 Å². The zero-order valence-electron chi connectivity index (χ0n) is 7.15. The molecule has 0 spiro atoms. The van der Waals surface area contributed by atoms with E-state index in [0.717, 1.165) is 6.54 Å². The van der Waals surface area contributed by atoms with Crippen molar-refractivity contribution in [1.82, 2.24) is 5.32 Å². The van der Waals surface area contributed by atoms with Gasteiger partial charge in [0.1, 0.15) is 0 Å². The Morgan fingerprint density at radius 2 is 1.70 bits per heavy atom. The molecule has 0 aliphatic heterocycles. The van der Waals surface area contributed by atoms with Crippen LogP contribution in [0.3, 0.4) is 0 Å². The lowest BCUT2D eigenvalue weighted by molar-refractivity contribution is 0.611. The van der Waals surface area contributed by atoms with Gasteiger partial charge in [-0.2, -0.15) is 0 Å². The van der Waals surface area contributed by atoms with Gasteiger partial charge >= 0.3 is 0 Å². The Labute approximate surface area is 71.0 Å². The molecule has 0 atom stereocenters. The molecular formula is C8H20ClN. The van der Waals surface area contributed by atoms with Crippen molar-refractivity contribution in [2.45, 2.75) is 39.5 Å². The highest BCUT2D eigenvalue weighted by Gasteiger charge is 1.84. The third-order valence-electron chi connectivity index (χ3n) is 1.46. The highest BCUT2D eigenvalue weighted by Crippen LogP contribution is 1.96. The molecule has 0 heterocycles. The predicted octanol–water partition coefficient (Wildman–Crippen LogP) is 2.60. The molecule has 1 N–H and O–H groups in total. The second-order valence-corrected chi connectivity index (χ2v) is 2.41. The minimum Gasteiger partial charge on any atom is -0.317 e. The van der Waals surface area contributed by atoms with Crippen molar-refractivity contribution in [3.63, 3.8) is 0 Å². The average Bonchev–Trinajstić information content (AvgIpc) is 1.89. The van der Waals surface area contributed by atoms with Crippen molar-refractivity contribution in [2.75, 3.05) is 13.1 Å². The SMILES string of the molecule is CCCCCCNCC.Cl. The van der Waals surface area contributed by atoms with Crippen molar-refractivity contribution in [2.24, 2.45) is 0 Å². The van der Waals surface area contributed by atoms with Crippen molar-refractivity contribution in [3.8, 4) is 0 Å². The first kappa shape index (κ1) is 12.9. The van der Waals surface area contributed by atoms with Crippen molar-refractivity contribution in [1.29, 1.82) is 0 Å². The minimum atomic E-state index is 0. The zero-order valence-corrected chi connectivity index (χ0v) is 7.97. The first-order valence-corrected chi connectivity index (χ1v) is 4.12. The van der Waals surface area contributed by atoms with E-state index in [1.165, 1.54) is 32.2 Å². The minimum absolute atomic E-state index is 0. The summed E-state index contributed by atoms with van der Waals surface area (Å²) in [5.74, 6) is 0. The number of halogens is 1. The van der Waals surface area contributed by atoms with Crippen molar-refractivity contribution >= 4 is 12.4 Å². The third-order valence-corrected chi connectivity index (χ3v) is 1.46. The van der Waals surface area contributed by atoms with Crippen LogP contribution in [-0.2, 0) is 0 Å². The number of hydrogen-bond donors (Lipinski definition) is 1. The van der Waals surface area contributed by atoms with E-state index in [2.05, 4.69) is 19.2 Å². The summed E-state index contributed by atoms with van der Waals surface area (Å²) in [5, 5.41) is 3.31. The lowest BCUT2D eigenvalue weighted by Crippen LogP contribution is -2.13. The number of nitrogens with one attached hydrogen (secondary N) is 1. The highest BCUT2D eigenvalue weighted by atomic mass is 35.5. The van der Waals surface area contributed by atoms with Crippen molar-refractivity contribution < 1.29 is 0 Å². The fourth-order valence-corrected chi connectivity index (χ4v) is 0.854. The molecule has 0 fully saturated rings. The lowest BCUT2D eigenvalue weighted by atomic mass is 10.2. The third kappa shape index (κ3) is 11.1. The fourth-order valence-electron chi connectivity index (χ4n) is 0.854. The summed E-state index contributed by atoms with van der Waals surface area (Å²) >= 11 is 0. The topological polar surface area (TPSA) is 12.0 Å². The van der Waals surface area contributed by atoms with Crippen LogP contribution in [0.2, 0.25) is 0 Å². The predicted molar refractivity (Wildman–Crippen MR) is 49.9 cm³/mol. The summed E-state index contributed by atoms with van der Waals surface area (Å²) in [7, 11) is 0. The maximum Gasteiger partial charge on any atom is -0.00490 e. The maximum atomic E-state index is 3.31. The van der Waals surface area contributed by atoms with Gasteiger partial charge in [0.05, 0.1) is 0 Å². The molecule has 0 aliphatic rings. The number of rotatable bonds is 6. The summed E-state index contributed by atoms with van der Waals surface area (Å²) in [6.45, 7) is 6.72. The lowest BCUT2D eigenvalue weighted by Gasteiger charge is -1.98. The molecule has 0 aromatic carbocycles. The molecule has 0 aliphatic carbocycles. The van der Waals surface area contributed by atoms with E-state index < -0.39 is 0 Å². The Balaban J connectivity index is 0. The quantitative estimate of drug-likeness (QED) is 0.597. The molecular weight excluding hydrogens is 146 g/mol. The van der Waals surface area contributed by atoms with Gasteiger partial charge < -0.3 is 5.32 Å². The number of hydrogen-bond acceptors (Lipinski definition) is 1. The highest BCUT2D eigenvalue weighted by molar-refractivity contribution is 5.85.